The Bertz CT molecular complexity index is 1770. The molecule has 1 saturated carbocycles. The number of carbonyl (C=O) groups excluding carboxylic acids is 2. The summed E-state index contributed by atoms with van der Waals surface area (Å²) in [7, 11) is 3.28. The highest BCUT2D eigenvalue weighted by Crippen LogP contribution is 2.69. The molecule has 1 N–H and O–H groups in total. The monoisotopic (exact) mass is 598 g/mol. The van der Waals surface area contributed by atoms with Gasteiger partial charge < -0.3 is 19.7 Å². The molecule has 8 rings (SSSR count). The van der Waals surface area contributed by atoms with E-state index in [4.69, 9.17) is 9.47 Å². The predicted molar refractivity (Wildman–Crippen MR) is 175 cm³/mol. The third kappa shape index (κ3) is 4.54. The van der Waals surface area contributed by atoms with Crippen LogP contribution >= 0.6 is 0 Å². The Labute approximate surface area is 264 Å². The number of rotatable bonds is 8. The van der Waals surface area contributed by atoms with Crippen LogP contribution in [0.4, 0.5) is 0 Å². The lowest BCUT2D eigenvalue weighted by atomic mass is 9.42. The van der Waals surface area contributed by atoms with Crippen LogP contribution in [0.3, 0.4) is 0 Å². The lowest BCUT2D eigenvalue weighted by Gasteiger charge is -2.60. The minimum absolute atomic E-state index is 0.00178. The second-order valence-electron chi connectivity index (χ2n) is 12.4. The first-order valence-electron chi connectivity index (χ1n) is 15.7. The summed E-state index contributed by atoms with van der Waals surface area (Å²) < 4.78 is 11.1. The molecule has 2 amide bonds. The molecule has 4 atom stereocenters. The summed E-state index contributed by atoms with van der Waals surface area (Å²) in [6, 6.07) is 34.7. The van der Waals surface area contributed by atoms with Gasteiger partial charge in [-0.2, -0.15) is 0 Å². The molecule has 1 heterocycles. The van der Waals surface area contributed by atoms with Crippen molar-refractivity contribution in [2.45, 2.75) is 30.7 Å². The van der Waals surface area contributed by atoms with E-state index in [2.05, 4.69) is 53.8 Å². The van der Waals surface area contributed by atoms with Crippen LogP contribution in [-0.4, -0.2) is 44.0 Å². The molecule has 1 saturated heterocycles. The van der Waals surface area contributed by atoms with Crippen molar-refractivity contribution in [1.29, 1.82) is 0 Å². The molecule has 2 fully saturated rings. The molecule has 0 aromatic heterocycles. The van der Waals surface area contributed by atoms with Gasteiger partial charge in [0.15, 0.2) is 0 Å². The molecule has 6 nitrogen and oxygen atoms in total. The maximum Gasteiger partial charge on any atom is 0.246 e. The number of carbonyl (C=O) groups is 2. The third-order valence-corrected chi connectivity index (χ3v) is 10.5. The molecule has 2 bridgehead atoms. The van der Waals surface area contributed by atoms with Crippen molar-refractivity contribution in [2.24, 2.45) is 11.3 Å². The molecule has 4 aromatic rings. The number of nitrogens with zero attached hydrogens (tertiary/aromatic N) is 1. The van der Waals surface area contributed by atoms with Crippen LogP contribution in [0, 0.1) is 11.3 Å². The highest BCUT2D eigenvalue weighted by molar-refractivity contribution is 5.94. The van der Waals surface area contributed by atoms with Crippen LogP contribution in [0.15, 0.2) is 109 Å². The van der Waals surface area contributed by atoms with Gasteiger partial charge in [0.05, 0.1) is 19.6 Å². The summed E-state index contributed by atoms with van der Waals surface area (Å²) in [5.74, 6) is 1.26. The van der Waals surface area contributed by atoms with Gasteiger partial charge in [-0.1, -0.05) is 91.0 Å². The Hall–Kier alpha value is -4.84. The SMILES string of the molecule is COc1ccccc1C=CC(=O)N1C[C@H]2[C@@]3(c4ccccc4)CC[C@H](c4ccccc43)[C@@]2(C(=O)NCc2ccccc2OC)C1. The van der Waals surface area contributed by atoms with Gasteiger partial charge in [-0.3, -0.25) is 9.59 Å². The minimum Gasteiger partial charge on any atom is -0.496 e. The van der Waals surface area contributed by atoms with E-state index >= 15 is 0 Å². The zero-order chi connectivity index (χ0) is 31.0. The van der Waals surface area contributed by atoms with Crippen molar-refractivity contribution in [1.82, 2.24) is 10.2 Å². The molecular formula is C39H38N2O4. The molecule has 228 valence electrons. The van der Waals surface area contributed by atoms with Crippen LogP contribution in [0.5, 0.6) is 11.5 Å². The first-order valence-corrected chi connectivity index (χ1v) is 15.7. The van der Waals surface area contributed by atoms with E-state index in [-0.39, 0.29) is 23.7 Å². The summed E-state index contributed by atoms with van der Waals surface area (Å²) in [4.78, 5) is 30.7. The van der Waals surface area contributed by atoms with Gasteiger partial charge in [0.1, 0.15) is 11.5 Å². The molecule has 0 spiro atoms. The number of amides is 2. The van der Waals surface area contributed by atoms with E-state index in [0.717, 1.165) is 29.7 Å². The average molecular weight is 599 g/mol. The zero-order valence-electron chi connectivity index (χ0n) is 25.7. The van der Waals surface area contributed by atoms with Gasteiger partial charge in [0, 0.05) is 54.1 Å². The average Bonchev–Trinajstić information content (AvgIpc) is 3.54. The lowest BCUT2D eigenvalue weighted by molar-refractivity contribution is -0.139. The minimum atomic E-state index is -0.793. The van der Waals surface area contributed by atoms with Gasteiger partial charge in [0.25, 0.3) is 0 Å². The first-order chi connectivity index (χ1) is 22.0. The van der Waals surface area contributed by atoms with Crippen molar-refractivity contribution in [2.75, 3.05) is 27.3 Å². The maximum absolute atomic E-state index is 14.9. The second kappa shape index (κ2) is 11.6. The van der Waals surface area contributed by atoms with Crippen molar-refractivity contribution >= 4 is 17.9 Å². The van der Waals surface area contributed by atoms with Crippen LogP contribution in [0.1, 0.15) is 46.6 Å². The zero-order valence-corrected chi connectivity index (χ0v) is 25.7. The number of fused-ring (bicyclic) bond motifs is 1. The Balaban J connectivity index is 1.31. The molecule has 6 heteroatoms. The fourth-order valence-electron chi connectivity index (χ4n) is 8.64. The molecule has 1 aliphatic heterocycles. The largest absolute Gasteiger partial charge is 0.496 e. The number of hydrogen-bond acceptors (Lipinski definition) is 4. The Kier molecular flexibility index (Phi) is 7.44. The summed E-state index contributed by atoms with van der Waals surface area (Å²) in [6.07, 6.45) is 5.25. The molecule has 0 unspecified atom stereocenters. The smallest absolute Gasteiger partial charge is 0.246 e. The fourth-order valence-corrected chi connectivity index (χ4v) is 8.64. The fraction of sp³-hybridized carbons (Fsp3) is 0.282. The van der Waals surface area contributed by atoms with E-state index in [9.17, 15) is 9.59 Å². The van der Waals surface area contributed by atoms with Crippen LogP contribution in [-0.2, 0) is 21.5 Å². The highest BCUT2D eigenvalue weighted by atomic mass is 16.5. The van der Waals surface area contributed by atoms with E-state index < -0.39 is 10.8 Å². The second-order valence-corrected chi connectivity index (χ2v) is 12.4. The molecular weight excluding hydrogens is 560 g/mol. The quantitative estimate of drug-likeness (QED) is 0.240. The molecule has 3 aliphatic carbocycles. The number of methoxy groups -OCH3 is 2. The van der Waals surface area contributed by atoms with Crippen molar-refractivity contribution < 1.29 is 19.1 Å². The Morgan fingerprint density at radius 2 is 1.56 bits per heavy atom. The van der Waals surface area contributed by atoms with E-state index in [1.807, 2.05) is 65.6 Å². The number of benzene rings is 4. The standard InChI is InChI=1S/C39H38N2O4/c1-44-33-18-10-6-12-27(33)20-21-36(42)41-25-35-38(29-14-4-3-5-15-29)23-22-32(30-16-8-9-17-31(30)38)39(35,26-41)37(43)40-24-28-13-7-11-19-34(28)45-2/h3-21,32,35H,22-26H2,1-2H3,(H,40,43)/t32-,35+,38-,39+/m1/s1. The topological polar surface area (TPSA) is 67.9 Å². The van der Waals surface area contributed by atoms with E-state index in [1.165, 1.54) is 16.7 Å². The summed E-state index contributed by atoms with van der Waals surface area (Å²) in [5, 5.41) is 3.33. The van der Waals surface area contributed by atoms with E-state index in [0.29, 0.717) is 25.4 Å². The molecule has 4 aromatic carbocycles. The van der Waals surface area contributed by atoms with Crippen LogP contribution < -0.4 is 14.8 Å². The van der Waals surface area contributed by atoms with Crippen molar-refractivity contribution in [3.05, 3.63) is 137 Å². The van der Waals surface area contributed by atoms with Gasteiger partial charge in [0.2, 0.25) is 11.8 Å². The number of nitrogens with one attached hydrogen (secondary N) is 1. The molecule has 4 aliphatic rings. The highest BCUT2D eigenvalue weighted by Gasteiger charge is 2.70. The van der Waals surface area contributed by atoms with E-state index in [1.54, 1.807) is 20.3 Å². The number of hydrogen-bond donors (Lipinski definition) is 1. The van der Waals surface area contributed by atoms with Crippen molar-refractivity contribution in [3.63, 3.8) is 0 Å². The van der Waals surface area contributed by atoms with Crippen molar-refractivity contribution in [3.8, 4) is 11.5 Å². The number of likely N-dealkylation sites (tertiary alicyclic amines) is 1. The van der Waals surface area contributed by atoms with Crippen LogP contribution in [0.2, 0.25) is 0 Å². The summed E-state index contributed by atoms with van der Waals surface area (Å²) in [6.45, 7) is 1.21. The molecule has 0 radical (unpaired) electrons. The predicted octanol–water partition coefficient (Wildman–Crippen LogP) is 6.36. The summed E-state index contributed by atoms with van der Waals surface area (Å²) >= 11 is 0. The summed E-state index contributed by atoms with van der Waals surface area (Å²) in [5.41, 5.74) is 4.31. The Morgan fingerprint density at radius 3 is 2.36 bits per heavy atom. The first kappa shape index (κ1) is 28.9. The Morgan fingerprint density at radius 1 is 0.867 bits per heavy atom. The third-order valence-electron chi connectivity index (χ3n) is 10.5. The normalized spacial score (nSPS) is 24.6. The molecule has 45 heavy (non-hydrogen) atoms. The van der Waals surface area contributed by atoms with Gasteiger partial charge in [-0.25, -0.2) is 0 Å². The lowest BCUT2D eigenvalue weighted by Crippen LogP contribution is -2.62. The number of ether oxygens (including phenoxy) is 2. The van der Waals surface area contributed by atoms with Gasteiger partial charge >= 0.3 is 0 Å². The van der Waals surface area contributed by atoms with Crippen LogP contribution in [0.25, 0.3) is 6.08 Å². The van der Waals surface area contributed by atoms with Gasteiger partial charge in [-0.15, -0.1) is 0 Å². The maximum atomic E-state index is 14.9. The van der Waals surface area contributed by atoms with Gasteiger partial charge in [-0.05, 0) is 47.7 Å². The number of para-hydroxylation sites is 2.